The molecule has 2 aromatic carbocycles. The molecule has 172 valence electrons. The minimum atomic E-state index is -0.690. The van der Waals surface area contributed by atoms with Gasteiger partial charge in [-0.2, -0.15) is 0 Å². The molecule has 0 radical (unpaired) electrons. The van der Waals surface area contributed by atoms with Gasteiger partial charge in [0.2, 0.25) is 0 Å². The van der Waals surface area contributed by atoms with E-state index in [1.165, 1.54) is 12.0 Å². The zero-order chi connectivity index (χ0) is 23.5. The molecule has 0 bridgehead atoms. The SMILES string of the molecule is CCCc1nc(-c2ccc3c(c2)N(CC(=O)c2ccc(OC)cc2OC)C(=O)C(C)O3)cs1. The number of aryl methyl sites for hydroxylation is 1. The number of anilines is 1. The van der Waals surface area contributed by atoms with Crippen molar-refractivity contribution in [3.63, 3.8) is 0 Å². The standard InChI is InChI=1S/C25H26N2O5S/c1-5-6-24-26-19(14-33-24)16-7-10-22-20(11-16)27(25(29)15(2)32-22)13-21(28)18-9-8-17(30-3)12-23(18)31-4/h7-12,14-15H,5-6,13H2,1-4H3. The maximum atomic E-state index is 13.2. The third-order valence-electron chi connectivity index (χ3n) is 5.49. The first-order valence-electron chi connectivity index (χ1n) is 10.8. The molecule has 0 aliphatic carbocycles. The van der Waals surface area contributed by atoms with Gasteiger partial charge in [-0.1, -0.05) is 6.92 Å². The number of carbonyl (C=O) groups excluding carboxylic acids is 2. The molecule has 0 saturated carbocycles. The summed E-state index contributed by atoms with van der Waals surface area (Å²) in [5.41, 5.74) is 2.66. The van der Waals surface area contributed by atoms with Crippen LogP contribution >= 0.6 is 11.3 Å². The van der Waals surface area contributed by atoms with Crippen molar-refractivity contribution in [1.29, 1.82) is 0 Å². The molecule has 1 unspecified atom stereocenters. The fourth-order valence-corrected chi connectivity index (χ4v) is 4.67. The lowest BCUT2D eigenvalue weighted by atomic mass is 10.1. The Morgan fingerprint density at radius 2 is 2.00 bits per heavy atom. The first kappa shape index (κ1) is 22.8. The number of ketones is 1. The summed E-state index contributed by atoms with van der Waals surface area (Å²) in [4.78, 5) is 32.4. The number of carbonyl (C=O) groups is 2. The summed E-state index contributed by atoms with van der Waals surface area (Å²) in [5.74, 6) is 1.02. The van der Waals surface area contributed by atoms with E-state index in [0.717, 1.165) is 29.1 Å². The lowest BCUT2D eigenvalue weighted by Crippen LogP contribution is -2.46. The molecule has 1 aliphatic heterocycles. The van der Waals surface area contributed by atoms with Gasteiger partial charge < -0.3 is 14.2 Å². The maximum absolute atomic E-state index is 13.2. The summed E-state index contributed by atoms with van der Waals surface area (Å²) in [6.07, 6.45) is 1.27. The second kappa shape index (κ2) is 9.62. The fraction of sp³-hybridized carbons (Fsp3) is 0.320. The molecule has 0 N–H and O–H groups in total. The van der Waals surface area contributed by atoms with E-state index in [1.54, 1.807) is 43.6 Å². The van der Waals surface area contributed by atoms with Crippen molar-refractivity contribution in [2.75, 3.05) is 25.7 Å². The highest BCUT2D eigenvalue weighted by Crippen LogP contribution is 2.38. The topological polar surface area (TPSA) is 78.0 Å². The molecule has 1 atom stereocenters. The van der Waals surface area contributed by atoms with Crippen LogP contribution in [0.15, 0.2) is 41.8 Å². The highest BCUT2D eigenvalue weighted by Gasteiger charge is 2.34. The number of nitrogens with zero attached hydrogens (tertiary/aromatic N) is 2. The molecule has 0 fully saturated rings. The second-order valence-electron chi connectivity index (χ2n) is 7.73. The van der Waals surface area contributed by atoms with E-state index >= 15 is 0 Å². The number of benzene rings is 2. The van der Waals surface area contributed by atoms with Crippen LogP contribution in [0.2, 0.25) is 0 Å². The smallest absolute Gasteiger partial charge is 0.268 e. The third-order valence-corrected chi connectivity index (χ3v) is 6.40. The Bertz CT molecular complexity index is 1190. The zero-order valence-electron chi connectivity index (χ0n) is 19.1. The van der Waals surface area contributed by atoms with Crippen molar-refractivity contribution in [2.45, 2.75) is 32.8 Å². The Balaban J connectivity index is 1.67. The molecule has 0 spiro atoms. The molecule has 2 heterocycles. The van der Waals surface area contributed by atoms with E-state index in [2.05, 4.69) is 6.92 Å². The normalized spacial score (nSPS) is 15.1. The summed E-state index contributed by atoms with van der Waals surface area (Å²) >= 11 is 1.62. The zero-order valence-corrected chi connectivity index (χ0v) is 19.9. The molecule has 7 nitrogen and oxygen atoms in total. The summed E-state index contributed by atoms with van der Waals surface area (Å²) in [6, 6.07) is 10.6. The van der Waals surface area contributed by atoms with Gasteiger partial charge in [0, 0.05) is 17.0 Å². The van der Waals surface area contributed by atoms with Gasteiger partial charge in [-0.05, 0) is 50.1 Å². The number of methoxy groups -OCH3 is 2. The van der Waals surface area contributed by atoms with E-state index in [9.17, 15) is 9.59 Å². The second-order valence-corrected chi connectivity index (χ2v) is 8.68. The van der Waals surface area contributed by atoms with Gasteiger partial charge in [0.25, 0.3) is 5.91 Å². The van der Waals surface area contributed by atoms with Gasteiger partial charge in [0.15, 0.2) is 11.9 Å². The third kappa shape index (κ3) is 4.57. The number of thiazole rings is 1. The van der Waals surface area contributed by atoms with Gasteiger partial charge in [-0.15, -0.1) is 11.3 Å². The number of amides is 1. The van der Waals surface area contributed by atoms with E-state index in [4.69, 9.17) is 19.2 Å². The molecule has 33 heavy (non-hydrogen) atoms. The van der Waals surface area contributed by atoms with Gasteiger partial charge in [0.05, 0.1) is 42.7 Å². The lowest BCUT2D eigenvalue weighted by Gasteiger charge is -2.33. The van der Waals surface area contributed by atoms with E-state index < -0.39 is 6.10 Å². The van der Waals surface area contributed by atoms with Gasteiger partial charge in [-0.3, -0.25) is 14.5 Å². The van der Waals surface area contributed by atoms with Crippen molar-refractivity contribution < 1.29 is 23.8 Å². The predicted octanol–water partition coefficient (Wildman–Crippen LogP) is 4.78. The van der Waals surface area contributed by atoms with Crippen molar-refractivity contribution in [1.82, 2.24) is 4.98 Å². The molecule has 8 heteroatoms. The number of hydrogen-bond acceptors (Lipinski definition) is 7. The Kier molecular flexibility index (Phi) is 6.65. The highest BCUT2D eigenvalue weighted by molar-refractivity contribution is 7.09. The van der Waals surface area contributed by atoms with Crippen LogP contribution in [0.3, 0.4) is 0 Å². The van der Waals surface area contributed by atoms with E-state index in [-0.39, 0.29) is 18.2 Å². The van der Waals surface area contributed by atoms with Crippen LogP contribution in [0.5, 0.6) is 17.2 Å². The maximum Gasteiger partial charge on any atom is 0.268 e. The first-order chi connectivity index (χ1) is 15.9. The van der Waals surface area contributed by atoms with Crippen LogP contribution in [-0.2, 0) is 11.2 Å². The average Bonchev–Trinajstić information content (AvgIpc) is 3.30. The Morgan fingerprint density at radius 1 is 1.18 bits per heavy atom. The number of rotatable bonds is 8. The number of aromatic nitrogens is 1. The molecule has 1 aliphatic rings. The van der Waals surface area contributed by atoms with Crippen LogP contribution in [0.4, 0.5) is 5.69 Å². The van der Waals surface area contributed by atoms with Crippen molar-refractivity contribution in [3.05, 3.63) is 52.3 Å². The number of Topliss-reactive ketones (excluding diaryl/α,β-unsaturated/α-hetero) is 1. The molecular formula is C25H26N2O5S. The Hall–Kier alpha value is -3.39. The van der Waals surface area contributed by atoms with Crippen LogP contribution in [-0.4, -0.2) is 43.5 Å². The van der Waals surface area contributed by atoms with Crippen LogP contribution in [0, 0.1) is 0 Å². The quantitative estimate of drug-likeness (QED) is 0.445. The first-order valence-corrected chi connectivity index (χ1v) is 11.6. The number of ether oxygens (including phenoxy) is 3. The summed E-state index contributed by atoms with van der Waals surface area (Å²) in [5, 5.41) is 3.09. The molecule has 1 amide bonds. The fourth-order valence-electron chi connectivity index (χ4n) is 3.76. The molecular weight excluding hydrogens is 440 g/mol. The molecule has 1 aromatic heterocycles. The molecule has 3 aromatic rings. The average molecular weight is 467 g/mol. The molecule has 0 saturated heterocycles. The van der Waals surface area contributed by atoms with Crippen molar-refractivity contribution in [2.24, 2.45) is 0 Å². The van der Waals surface area contributed by atoms with Crippen LogP contribution < -0.4 is 19.1 Å². The lowest BCUT2D eigenvalue weighted by molar-refractivity contribution is -0.125. The van der Waals surface area contributed by atoms with E-state index in [0.29, 0.717) is 28.5 Å². The van der Waals surface area contributed by atoms with Gasteiger partial charge >= 0.3 is 0 Å². The van der Waals surface area contributed by atoms with Crippen LogP contribution in [0.25, 0.3) is 11.3 Å². The Labute approximate surface area is 196 Å². The number of fused-ring (bicyclic) bond motifs is 1. The summed E-state index contributed by atoms with van der Waals surface area (Å²) in [6.45, 7) is 3.67. The minimum absolute atomic E-state index is 0.135. The number of hydrogen-bond donors (Lipinski definition) is 0. The van der Waals surface area contributed by atoms with E-state index in [1.807, 2.05) is 23.6 Å². The monoisotopic (exact) mass is 466 g/mol. The highest BCUT2D eigenvalue weighted by atomic mass is 32.1. The van der Waals surface area contributed by atoms with Gasteiger partial charge in [0.1, 0.15) is 17.2 Å². The predicted molar refractivity (Wildman–Crippen MR) is 128 cm³/mol. The van der Waals surface area contributed by atoms with Crippen molar-refractivity contribution in [3.8, 4) is 28.5 Å². The summed E-state index contributed by atoms with van der Waals surface area (Å²) in [7, 11) is 3.04. The molecule has 4 rings (SSSR count). The van der Waals surface area contributed by atoms with Crippen LogP contribution in [0.1, 0.15) is 35.6 Å². The minimum Gasteiger partial charge on any atom is -0.497 e. The largest absolute Gasteiger partial charge is 0.497 e. The van der Waals surface area contributed by atoms with Crippen molar-refractivity contribution >= 4 is 28.7 Å². The van der Waals surface area contributed by atoms with Gasteiger partial charge in [-0.25, -0.2) is 4.98 Å². The summed E-state index contributed by atoms with van der Waals surface area (Å²) < 4.78 is 16.4. The Morgan fingerprint density at radius 3 is 2.73 bits per heavy atom.